The Labute approximate surface area is 141 Å². The molecule has 0 aliphatic heterocycles. The first kappa shape index (κ1) is 18.6. The van der Waals surface area contributed by atoms with Gasteiger partial charge in [-0.05, 0) is 36.8 Å². The van der Waals surface area contributed by atoms with Gasteiger partial charge in [0.25, 0.3) is 5.91 Å². The average Bonchev–Trinajstić information content (AvgIpc) is 2.45. The van der Waals surface area contributed by atoms with Crippen LogP contribution in [-0.2, 0) is 10.1 Å². The van der Waals surface area contributed by atoms with Crippen molar-refractivity contribution in [3.63, 3.8) is 0 Å². The lowest BCUT2D eigenvalue weighted by Crippen LogP contribution is -2.21. The third-order valence-corrected chi connectivity index (χ3v) is 4.22. The highest BCUT2D eigenvalue weighted by molar-refractivity contribution is 7.87. The summed E-state index contributed by atoms with van der Waals surface area (Å²) in [6.45, 7) is 1.60. The van der Waals surface area contributed by atoms with Crippen molar-refractivity contribution in [1.82, 2.24) is 0 Å². The van der Waals surface area contributed by atoms with E-state index in [0.717, 1.165) is 12.1 Å². The number of alkyl halides is 3. The number of primary amides is 1. The summed E-state index contributed by atoms with van der Waals surface area (Å²) in [4.78, 5) is 10.5. The van der Waals surface area contributed by atoms with Gasteiger partial charge in [-0.2, -0.15) is 8.42 Å². The zero-order valence-corrected chi connectivity index (χ0v) is 13.5. The molecule has 0 aliphatic carbocycles. The standard InChI is InChI=1S/C15H12F3NO5S/c1-9-6-7-10(14(19)20)12(8-9)24-25(21,22)13-5-3-2-4-11(13)23-15(16,17)18/h2-8H,1H3,(H2,19,20). The molecule has 0 aromatic heterocycles. The van der Waals surface area contributed by atoms with Crippen LogP contribution in [0.15, 0.2) is 47.4 Å². The molecule has 134 valence electrons. The molecule has 0 unspecified atom stereocenters. The summed E-state index contributed by atoms with van der Waals surface area (Å²) in [5, 5.41) is 0. The predicted octanol–water partition coefficient (Wildman–Crippen LogP) is 2.76. The van der Waals surface area contributed by atoms with E-state index in [0.29, 0.717) is 5.56 Å². The van der Waals surface area contributed by atoms with Crippen LogP contribution in [0, 0.1) is 6.92 Å². The first-order valence-corrected chi connectivity index (χ1v) is 8.10. The maximum Gasteiger partial charge on any atom is 0.573 e. The Bertz CT molecular complexity index is 910. The number of para-hydroxylation sites is 1. The summed E-state index contributed by atoms with van der Waals surface area (Å²) in [6, 6.07) is 8.06. The summed E-state index contributed by atoms with van der Waals surface area (Å²) >= 11 is 0. The van der Waals surface area contributed by atoms with E-state index in [1.807, 2.05) is 0 Å². The SMILES string of the molecule is Cc1ccc(C(N)=O)c(OS(=O)(=O)c2ccccc2OC(F)(F)F)c1. The molecule has 2 N–H and O–H groups in total. The number of hydrogen-bond donors (Lipinski definition) is 1. The second kappa shape index (κ2) is 6.63. The van der Waals surface area contributed by atoms with E-state index in [9.17, 15) is 26.4 Å². The molecule has 0 spiro atoms. The summed E-state index contributed by atoms with van der Waals surface area (Å²) < 4.78 is 70.6. The zero-order valence-electron chi connectivity index (χ0n) is 12.7. The zero-order chi connectivity index (χ0) is 18.8. The minimum absolute atomic E-state index is 0.233. The van der Waals surface area contributed by atoms with E-state index < -0.39 is 38.8 Å². The van der Waals surface area contributed by atoms with Crippen molar-refractivity contribution in [1.29, 1.82) is 0 Å². The minimum atomic E-state index is -5.09. The Morgan fingerprint density at radius 1 is 1.08 bits per heavy atom. The van der Waals surface area contributed by atoms with Crippen molar-refractivity contribution in [3.05, 3.63) is 53.6 Å². The Balaban J connectivity index is 2.48. The molecule has 2 rings (SSSR count). The largest absolute Gasteiger partial charge is 0.573 e. The van der Waals surface area contributed by atoms with Crippen LogP contribution in [0.3, 0.4) is 0 Å². The van der Waals surface area contributed by atoms with E-state index in [1.165, 1.54) is 30.3 Å². The fraction of sp³-hybridized carbons (Fsp3) is 0.133. The number of ether oxygens (including phenoxy) is 1. The molecule has 0 heterocycles. The molecule has 10 heteroatoms. The molecule has 2 aromatic rings. The van der Waals surface area contributed by atoms with E-state index in [1.54, 1.807) is 6.92 Å². The monoisotopic (exact) mass is 375 g/mol. The molecule has 25 heavy (non-hydrogen) atoms. The average molecular weight is 375 g/mol. The number of nitrogens with two attached hydrogens (primary N) is 1. The Morgan fingerprint density at radius 3 is 2.32 bits per heavy atom. The normalized spacial score (nSPS) is 11.8. The maximum absolute atomic E-state index is 12.4. The molecule has 0 saturated heterocycles. The van der Waals surface area contributed by atoms with Crippen LogP contribution < -0.4 is 14.7 Å². The van der Waals surface area contributed by atoms with E-state index in [4.69, 9.17) is 9.92 Å². The summed E-state index contributed by atoms with van der Waals surface area (Å²) in [5.41, 5.74) is 5.47. The van der Waals surface area contributed by atoms with Crippen molar-refractivity contribution < 1.29 is 35.3 Å². The molecule has 0 radical (unpaired) electrons. The van der Waals surface area contributed by atoms with Crippen LogP contribution >= 0.6 is 0 Å². The van der Waals surface area contributed by atoms with E-state index >= 15 is 0 Å². The van der Waals surface area contributed by atoms with Crippen LogP contribution in [0.5, 0.6) is 11.5 Å². The number of aryl methyl sites for hydroxylation is 1. The lowest BCUT2D eigenvalue weighted by Gasteiger charge is -2.14. The topological polar surface area (TPSA) is 95.7 Å². The van der Waals surface area contributed by atoms with Gasteiger partial charge in [0.2, 0.25) is 0 Å². The number of halogens is 3. The Hall–Kier alpha value is -2.75. The summed E-state index contributed by atoms with van der Waals surface area (Å²) in [5.74, 6) is -2.30. The van der Waals surface area contributed by atoms with Crippen molar-refractivity contribution in [2.45, 2.75) is 18.2 Å². The van der Waals surface area contributed by atoms with Crippen LogP contribution in [0.1, 0.15) is 15.9 Å². The van der Waals surface area contributed by atoms with Gasteiger partial charge in [0, 0.05) is 0 Å². The van der Waals surface area contributed by atoms with Gasteiger partial charge >= 0.3 is 16.5 Å². The van der Waals surface area contributed by atoms with Crippen molar-refractivity contribution >= 4 is 16.0 Å². The fourth-order valence-electron chi connectivity index (χ4n) is 1.93. The fourth-order valence-corrected chi connectivity index (χ4v) is 3.00. The maximum atomic E-state index is 12.4. The second-order valence-corrected chi connectivity index (χ2v) is 6.41. The third-order valence-electron chi connectivity index (χ3n) is 2.95. The molecular formula is C15H12F3NO5S. The van der Waals surface area contributed by atoms with Crippen LogP contribution in [0.25, 0.3) is 0 Å². The molecule has 0 atom stereocenters. The molecule has 2 aromatic carbocycles. The van der Waals surface area contributed by atoms with Crippen molar-refractivity contribution in [3.8, 4) is 11.5 Å². The predicted molar refractivity (Wildman–Crippen MR) is 80.6 cm³/mol. The number of benzene rings is 2. The van der Waals surface area contributed by atoms with Gasteiger partial charge in [-0.1, -0.05) is 18.2 Å². The van der Waals surface area contributed by atoms with Gasteiger partial charge in [-0.3, -0.25) is 4.79 Å². The lowest BCUT2D eigenvalue weighted by atomic mass is 10.1. The molecule has 1 amide bonds. The van der Waals surface area contributed by atoms with Gasteiger partial charge < -0.3 is 14.7 Å². The highest BCUT2D eigenvalue weighted by Gasteiger charge is 2.34. The smallest absolute Gasteiger partial charge is 0.404 e. The van der Waals surface area contributed by atoms with Crippen LogP contribution in [0.4, 0.5) is 13.2 Å². The highest BCUT2D eigenvalue weighted by atomic mass is 32.2. The summed E-state index contributed by atoms with van der Waals surface area (Å²) in [7, 11) is -4.72. The van der Waals surface area contributed by atoms with Crippen LogP contribution in [-0.4, -0.2) is 20.7 Å². The number of hydrogen-bond acceptors (Lipinski definition) is 5. The van der Waals surface area contributed by atoms with E-state index in [2.05, 4.69) is 4.74 Å². The second-order valence-electron chi connectivity index (χ2n) is 4.90. The van der Waals surface area contributed by atoms with Gasteiger partial charge in [0.15, 0.2) is 11.5 Å². The molecule has 0 bridgehead atoms. The molecular weight excluding hydrogens is 363 g/mol. The van der Waals surface area contributed by atoms with E-state index in [-0.39, 0.29) is 5.56 Å². The van der Waals surface area contributed by atoms with Crippen molar-refractivity contribution in [2.75, 3.05) is 0 Å². The first-order valence-electron chi connectivity index (χ1n) is 6.69. The highest BCUT2D eigenvalue weighted by Crippen LogP contribution is 2.32. The van der Waals surface area contributed by atoms with Crippen molar-refractivity contribution in [2.24, 2.45) is 5.73 Å². The number of amides is 1. The summed E-state index contributed by atoms with van der Waals surface area (Å²) in [6.07, 6.45) is -5.09. The number of carbonyl (C=O) groups excluding carboxylic acids is 1. The number of carbonyl (C=O) groups is 1. The van der Waals surface area contributed by atoms with Gasteiger partial charge in [0.05, 0.1) is 5.56 Å². The Kier molecular flexibility index (Phi) is 4.93. The molecule has 6 nitrogen and oxygen atoms in total. The lowest BCUT2D eigenvalue weighted by molar-refractivity contribution is -0.275. The molecule has 0 saturated carbocycles. The first-order chi connectivity index (χ1) is 11.5. The third kappa shape index (κ3) is 4.63. The van der Waals surface area contributed by atoms with Gasteiger partial charge in [0.1, 0.15) is 4.90 Å². The quantitative estimate of drug-likeness (QED) is 0.811. The van der Waals surface area contributed by atoms with Gasteiger partial charge in [-0.15, -0.1) is 13.2 Å². The minimum Gasteiger partial charge on any atom is -0.404 e. The molecule has 0 fully saturated rings. The molecule has 0 aliphatic rings. The van der Waals surface area contributed by atoms with Crippen LogP contribution in [0.2, 0.25) is 0 Å². The van der Waals surface area contributed by atoms with Gasteiger partial charge in [-0.25, -0.2) is 0 Å². The number of rotatable bonds is 5. The Morgan fingerprint density at radius 2 is 1.72 bits per heavy atom.